The second-order valence-electron chi connectivity index (χ2n) is 5.36. The monoisotopic (exact) mass is 330 g/mol. The molecular weight excluding hydrogens is 312 g/mol. The first kappa shape index (κ1) is 17.0. The van der Waals surface area contributed by atoms with Crippen molar-refractivity contribution in [1.29, 1.82) is 0 Å². The van der Waals surface area contributed by atoms with Crippen LogP contribution in [0.2, 0.25) is 0 Å². The Morgan fingerprint density at radius 3 is 2.52 bits per heavy atom. The average Bonchev–Trinajstić information content (AvgIpc) is 2.48. The van der Waals surface area contributed by atoms with E-state index in [-0.39, 0.29) is 17.3 Å². The van der Waals surface area contributed by atoms with Crippen molar-refractivity contribution in [3.05, 3.63) is 63.2 Å². The van der Waals surface area contributed by atoms with Gasteiger partial charge in [0.15, 0.2) is 0 Å². The van der Waals surface area contributed by atoms with Gasteiger partial charge in [0.25, 0.3) is 5.69 Å². The smallest absolute Gasteiger partial charge is 0.271 e. The van der Waals surface area contributed by atoms with Gasteiger partial charge in [-0.2, -0.15) is 0 Å². The van der Waals surface area contributed by atoms with Crippen LogP contribution < -0.4 is 5.32 Å². The van der Waals surface area contributed by atoms with Crippen molar-refractivity contribution in [2.45, 2.75) is 25.7 Å². The summed E-state index contributed by atoms with van der Waals surface area (Å²) >= 11 is 1.45. The van der Waals surface area contributed by atoms with E-state index in [2.05, 4.69) is 11.4 Å². The van der Waals surface area contributed by atoms with Crippen molar-refractivity contribution in [2.75, 3.05) is 11.1 Å². The second kappa shape index (κ2) is 7.28. The molecule has 0 aliphatic heterocycles. The number of hydrogen-bond donors (Lipinski definition) is 1. The number of benzene rings is 2. The quantitative estimate of drug-likeness (QED) is 0.505. The number of non-ortho nitro benzene ring substituents is 1. The van der Waals surface area contributed by atoms with E-state index in [1.165, 1.54) is 29.5 Å². The van der Waals surface area contributed by atoms with Gasteiger partial charge in [0.1, 0.15) is 0 Å². The summed E-state index contributed by atoms with van der Waals surface area (Å²) in [6.07, 6.45) is 0. The molecule has 0 spiro atoms. The number of hydrogen-bond acceptors (Lipinski definition) is 4. The molecule has 0 aliphatic carbocycles. The Bertz CT molecular complexity index is 759. The van der Waals surface area contributed by atoms with Crippen LogP contribution in [0.1, 0.15) is 16.7 Å². The summed E-state index contributed by atoms with van der Waals surface area (Å²) in [6.45, 7) is 5.84. The Morgan fingerprint density at radius 2 is 1.87 bits per heavy atom. The lowest BCUT2D eigenvalue weighted by Gasteiger charge is -2.09. The average molecular weight is 330 g/mol. The van der Waals surface area contributed by atoms with Crippen molar-refractivity contribution in [2.24, 2.45) is 0 Å². The summed E-state index contributed by atoms with van der Waals surface area (Å²) < 4.78 is 0. The lowest BCUT2D eigenvalue weighted by molar-refractivity contribution is -0.384. The summed E-state index contributed by atoms with van der Waals surface area (Å²) in [5.41, 5.74) is 3.55. The molecule has 0 saturated heterocycles. The van der Waals surface area contributed by atoms with Gasteiger partial charge in [-0.25, -0.2) is 0 Å². The fraction of sp³-hybridized carbons (Fsp3) is 0.235. The number of rotatable bonds is 5. The zero-order valence-electron chi connectivity index (χ0n) is 13.3. The van der Waals surface area contributed by atoms with Gasteiger partial charge >= 0.3 is 0 Å². The molecule has 2 aromatic rings. The Balaban J connectivity index is 2.02. The van der Waals surface area contributed by atoms with E-state index in [4.69, 9.17) is 0 Å². The third-order valence-electron chi connectivity index (χ3n) is 3.40. The highest BCUT2D eigenvalue weighted by Crippen LogP contribution is 2.25. The van der Waals surface area contributed by atoms with Gasteiger partial charge in [0, 0.05) is 17.0 Å². The standard InChI is InChI=1S/C17H18N2O3S/c1-11-4-7-16(13(3)8-11)23-10-17(20)18-15-9-14(19(21)22)6-5-12(15)2/h4-9H,10H2,1-3H3,(H,18,20). The number of carbonyl (C=O) groups is 1. The Kier molecular flexibility index (Phi) is 5.39. The lowest BCUT2D eigenvalue weighted by atomic mass is 10.2. The molecule has 23 heavy (non-hydrogen) atoms. The van der Waals surface area contributed by atoms with Crippen LogP contribution in [0, 0.1) is 30.9 Å². The maximum Gasteiger partial charge on any atom is 0.271 e. The van der Waals surface area contributed by atoms with Gasteiger partial charge in [0.05, 0.1) is 16.4 Å². The van der Waals surface area contributed by atoms with Crippen LogP contribution in [0.3, 0.4) is 0 Å². The van der Waals surface area contributed by atoms with Gasteiger partial charge in [-0.05, 0) is 38.0 Å². The predicted octanol–water partition coefficient (Wildman–Crippen LogP) is 4.25. The van der Waals surface area contributed by atoms with Crippen LogP contribution in [-0.2, 0) is 4.79 Å². The summed E-state index contributed by atoms with van der Waals surface area (Å²) in [7, 11) is 0. The number of nitro benzene ring substituents is 1. The topological polar surface area (TPSA) is 72.2 Å². The van der Waals surface area contributed by atoms with E-state index in [1.54, 1.807) is 13.0 Å². The molecule has 0 aromatic heterocycles. The molecule has 0 saturated carbocycles. The predicted molar refractivity (Wildman–Crippen MR) is 93.1 cm³/mol. The zero-order valence-corrected chi connectivity index (χ0v) is 14.1. The van der Waals surface area contributed by atoms with Gasteiger partial charge in [-0.3, -0.25) is 14.9 Å². The first-order valence-corrected chi connectivity index (χ1v) is 8.10. The molecule has 1 amide bonds. The van der Waals surface area contributed by atoms with Crippen molar-refractivity contribution in [3.63, 3.8) is 0 Å². The van der Waals surface area contributed by atoms with Crippen LogP contribution in [0.4, 0.5) is 11.4 Å². The highest BCUT2D eigenvalue weighted by molar-refractivity contribution is 8.00. The molecule has 0 heterocycles. The number of nitrogens with one attached hydrogen (secondary N) is 1. The van der Waals surface area contributed by atoms with E-state index >= 15 is 0 Å². The van der Waals surface area contributed by atoms with Crippen LogP contribution in [0.15, 0.2) is 41.3 Å². The maximum absolute atomic E-state index is 12.1. The number of anilines is 1. The van der Waals surface area contributed by atoms with Crippen molar-refractivity contribution >= 4 is 29.0 Å². The van der Waals surface area contributed by atoms with Crippen LogP contribution in [-0.4, -0.2) is 16.6 Å². The van der Waals surface area contributed by atoms with Gasteiger partial charge in [0.2, 0.25) is 5.91 Å². The van der Waals surface area contributed by atoms with E-state index in [1.807, 2.05) is 26.0 Å². The minimum absolute atomic E-state index is 0.0343. The van der Waals surface area contributed by atoms with Crippen LogP contribution in [0.5, 0.6) is 0 Å². The first-order valence-electron chi connectivity index (χ1n) is 7.12. The molecule has 120 valence electrons. The molecule has 6 heteroatoms. The summed E-state index contributed by atoms with van der Waals surface area (Å²) in [5.74, 6) is 0.0741. The molecular formula is C17H18N2O3S. The van der Waals surface area contributed by atoms with Gasteiger partial charge in [-0.1, -0.05) is 23.8 Å². The summed E-state index contributed by atoms with van der Waals surface area (Å²) in [4.78, 5) is 23.5. The minimum Gasteiger partial charge on any atom is -0.325 e. The van der Waals surface area contributed by atoms with Gasteiger partial charge < -0.3 is 5.32 Å². The molecule has 1 N–H and O–H groups in total. The molecule has 2 aromatic carbocycles. The van der Waals surface area contributed by atoms with E-state index in [9.17, 15) is 14.9 Å². The molecule has 0 bridgehead atoms. The van der Waals surface area contributed by atoms with E-state index < -0.39 is 4.92 Å². The number of nitrogens with zero attached hydrogens (tertiary/aromatic N) is 1. The molecule has 0 atom stereocenters. The van der Waals surface area contributed by atoms with E-state index in [0.29, 0.717) is 5.69 Å². The minimum atomic E-state index is -0.473. The number of carbonyl (C=O) groups excluding carboxylic acids is 1. The lowest BCUT2D eigenvalue weighted by Crippen LogP contribution is -2.15. The van der Waals surface area contributed by atoms with Gasteiger partial charge in [-0.15, -0.1) is 11.8 Å². The number of thioether (sulfide) groups is 1. The van der Waals surface area contributed by atoms with Crippen LogP contribution >= 0.6 is 11.8 Å². The fourth-order valence-corrected chi connectivity index (χ4v) is 2.96. The van der Waals surface area contributed by atoms with Crippen molar-refractivity contribution in [3.8, 4) is 0 Å². The molecule has 5 nitrogen and oxygen atoms in total. The second-order valence-corrected chi connectivity index (χ2v) is 6.38. The maximum atomic E-state index is 12.1. The molecule has 2 rings (SSSR count). The normalized spacial score (nSPS) is 10.4. The fourth-order valence-electron chi connectivity index (χ4n) is 2.15. The highest BCUT2D eigenvalue weighted by Gasteiger charge is 2.11. The Labute approximate surface area is 139 Å². The Morgan fingerprint density at radius 1 is 1.13 bits per heavy atom. The number of aryl methyl sites for hydroxylation is 3. The number of amides is 1. The third-order valence-corrected chi connectivity index (χ3v) is 4.57. The third kappa shape index (κ3) is 4.56. The number of nitro groups is 1. The molecule has 0 aliphatic rings. The van der Waals surface area contributed by atoms with E-state index in [0.717, 1.165) is 16.0 Å². The molecule has 0 unspecified atom stereocenters. The zero-order chi connectivity index (χ0) is 17.0. The van der Waals surface area contributed by atoms with Crippen molar-refractivity contribution < 1.29 is 9.72 Å². The summed E-state index contributed by atoms with van der Waals surface area (Å²) in [5, 5.41) is 13.6. The van der Waals surface area contributed by atoms with Crippen molar-refractivity contribution in [1.82, 2.24) is 0 Å². The first-order chi connectivity index (χ1) is 10.9. The Hall–Kier alpha value is -2.34. The molecule has 0 radical (unpaired) electrons. The largest absolute Gasteiger partial charge is 0.325 e. The van der Waals surface area contributed by atoms with Crippen LogP contribution in [0.25, 0.3) is 0 Å². The SMILES string of the molecule is Cc1ccc(SCC(=O)Nc2cc([N+](=O)[O-])ccc2C)c(C)c1. The molecule has 0 fully saturated rings. The summed E-state index contributed by atoms with van der Waals surface area (Å²) in [6, 6.07) is 10.5. The highest BCUT2D eigenvalue weighted by atomic mass is 32.2.